The molecule has 1 aliphatic heterocycles. The van der Waals surface area contributed by atoms with Gasteiger partial charge in [0, 0.05) is 25.5 Å². The Morgan fingerprint density at radius 3 is 2.92 bits per heavy atom. The molecule has 1 saturated carbocycles. The van der Waals surface area contributed by atoms with Crippen molar-refractivity contribution in [1.82, 2.24) is 25.1 Å². The van der Waals surface area contributed by atoms with E-state index < -0.39 is 0 Å². The average molecular weight is 329 g/mol. The van der Waals surface area contributed by atoms with Crippen molar-refractivity contribution in [2.75, 3.05) is 6.61 Å². The Labute approximate surface area is 140 Å². The Balaban J connectivity index is 1.51. The molecule has 128 valence electrons. The second-order valence-electron chi connectivity index (χ2n) is 6.79. The molecule has 1 saturated heterocycles. The Hall–Kier alpha value is -2.15. The second kappa shape index (κ2) is 6.05. The molecule has 0 radical (unpaired) electrons. The summed E-state index contributed by atoms with van der Waals surface area (Å²) >= 11 is 0. The minimum Gasteiger partial charge on any atom is -0.368 e. The van der Waals surface area contributed by atoms with Crippen LogP contribution in [0.15, 0.2) is 12.3 Å². The van der Waals surface area contributed by atoms with E-state index in [1.165, 1.54) is 19.3 Å². The van der Waals surface area contributed by atoms with Crippen LogP contribution >= 0.6 is 0 Å². The first-order valence-electron chi connectivity index (χ1n) is 8.60. The van der Waals surface area contributed by atoms with Gasteiger partial charge in [-0.3, -0.25) is 9.89 Å². The van der Waals surface area contributed by atoms with Crippen molar-refractivity contribution >= 4 is 5.91 Å². The highest BCUT2D eigenvalue weighted by atomic mass is 16.5. The van der Waals surface area contributed by atoms with E-state index in [2.05, 4.69) is 25.1 Å². The van der Waals surface area contributed by atoms with E-state index in [-0.39, 0.29) is 18.1 Å². The zero-order chi connectivity index (χ0) is 16.7. The van der Waals surface area contributed by atoms with Gasteiger partial charge in [0.05, 0.1) is 11.6 Å². The Kier molecular flexibility index (Phi) is 3.88. The van der Waals surface area contributed by atoms with Gasteiger partial charge in [-0.1, -0.05) is 6.42 Å². The number of aromatic amines is 1. The monoisotopic (exact) mass is 329 g/mol. The van der Waals surface area contributed by atoms with Crippen LogP contribution in [0.1, 0.15) is 65.4 Å². The van der Waals surface area contributed by atoms with Crippen LogP contribution in [-0.2, 0) is 11.8 Å². The number of aryl methyl sites for hydroxylation is 2. The predicted molar refractivity (Wildman–Crippen MR) is 87.7 cm³/mol. The number of carbonyl (C=O) groups excluding carboxylic acids is 1. The molecule has 2 N–H and O–H groups in total. The van der Waals surface area contributed by atoms with Crippen LogP contribution in [0.5, 0.6) is 0 Å². The molecule has 2 fully saturated rings. The van der Waals surface area contributed by atoms with E-state index >= 15 is 0 Å². The fourth-order valence-electron chi connectivity index (χ4n) is 3.65. The lowest BCUT2D eigenvalue weighted by molar-refractivity contribution is 0.0790. The topological polar surface area (TPSA) is 84.8 Å². The van der Waals surface area contributed by atoms with Gasteiger partial charge in [-0.05, 0) is 38.2 Å². The predicted octanol–water partition coefficient (Wildman–Crippen LogP) is 1.98. The van der Waals surface area contributed by atoms with Crippen LogP contribution in [0.25, 0.3) is 0 Å². The number of hydrogen-bond acceptors (Lipinski definition) is 4. The summed E-state index contributed by atoms with van der Waals surface area (Å²) < 4.78 is 7.84. The summed E-state index contributed by atoms with van der Waals surface area (Å²) in [4.78, 5) is 17.2. The minimum absolute atomic E-state index is 0.0229. The summed E-state index contributed by atoms with van der Waals surface area (Å²) in [6, 6.07) is 1.83. The van der Waals surface area contributed by atoms with Crippen LogP contribution in [0.3, 0.4) is 0 Å². The molecule has 2 aromatic heterocycles. The summed E-state index contributed by atoms with van der Waals surface area (Å²) in [5.74, 6) is 1.85. The molecular weight excluding hydrogens is 306 g/mol. The zero-order valence-electron chi connectivity index (χ0n) is 14.1. The minimum atomic E-state index is -0.283. The largest absolute Gasteiger partial charge is 0.368 e. The van der Waals surface area contributed by atoms with Crippen molar-refractivity contribution in [1.29, 1.82) is 0 Å². The smallest absolute Gasteiger partial charge is 0.253 e. The Bertz CT molecular complexity index is 746. The normalized spacial score (nSPS) is 24.1. The summed E-state index contributed by atoms with van der Waals surface area (Å²) in [5.41, 5.74) is 1.95. The molecule has 0 aromatic carbocycles. The van der Waals surface area contributed by atoms with Crippen molar-refractivity contribution in [2.45, 2.75) is 50.7 Å². The van der Waals surface area contributed by atoms with E-state index in [9.17, 15) is 4.79 Å². The number of hydrogen-bond donors (Lipinski definition) is 2. The zero-order valence-corrected chi connectivity index (χ0v) is 14.1. The van der Waals surface area contributed by atoms with Crippen LogP contribution in [0.2, 0.25) is 0 Å². The first-order chi connectivity index (χ1) is 11.6. The van der Waals surface area contributed by atoms with E-state index in [4.69, 9.17) is 4.74 Å². The highest BCUT2D eigenvalue weighted by Gasteiger charge is 2.35. The highest BCUT2D eigenvalue weighted by Crippen LogP contribution is 2.38. The molecule has 0 bridgehead atoms. The summed E-state index contributed by atoms with van der Waals surface area (Å²) in [5, 5.41) is 10.2. The molecule has 0 unspecified atom stereocenters. The third-order valence-electron chi connectivity index (χ3n) is 5.13. The van der Waals surface area contributed by atoms with Gasteiger partial charge in [0.15, 0.2) is 5.82 Å². The summed E-state index contributed by atoms with van der Waals surface area (Å²) in [6.45, 7) is 2.46. The van der Waals surface area contributed by atoms with Gasteiger partial charge in [-0.15, -0.1) is 0 Å². The molecule has 0 spiro atoms. The SMILES string of the molecule is Cc1nc([C@@H]2OCC[C@@H]2NC(=O)c2ccn(C)c2C2CCC2)n[nH]1. The second-order valence-corrected chi connectivity index (χ2v) is 6.79. The molecule has 24 heavy (non-hydrogen) atoms. The third kappa shape index (κ3) is 2.62. The maximum atomic E-state index is 12.8. The van der Waals surface area contributed by atoms with Gasteiger partial charge in [-0.2, -0.15) is 5.10 Å². The van der Waals surface area contributed by atoms with Crippen LogP contribution in [-0.4, -0.2) is 38.3 Å². The van der Waals surface area contributed by atoms with Gasteiger partial charge in [0.1, 0.15) is 11.9 Å². The number of nitrogens with zero attached hydrogens (tertiary/aromatic N) is 3. The van der Waals surface area contributed by atoms with Gasteiger partial charge in [0.25, 0.3) is 5.91 Å². The van der Waals surface area contributed by atoms with Crippen molar-refractivity contribution in [2.24, 2.45) is 7.05 Å². The quantitative estimate of drug-likeness (QED) is 0.898. The van der Waals surface area contributed by atoms with Crippen molar-refractivity contribution in [3.63, 3.8) is 0 Å². The van der Waals surface area contributed by atoms with Gasteiger partial charge >= 0.3 is 0 Å². The number of H-pyrrole nitrogens is 1. The highest BCUT2D eigenvalue weighted by molar-refractivity contribution is 5.96. The number of rotatable bonds is 4. The van der Waals surface area contributed by atoms with Crippen molar-refractivity contribution in [3.05, 3.63) is 35.2 Å². The fraction of sp³-hybridized carbons (Fsp3) is 0.588. The lowest BCUT2D eigenvalue weighted by Gasteiger charge is -2.27. The fourth-order valence-corrected chi connectivity index (χ4v) is 3.65. The molecule has 2 aromatic rings. The van der Waals surface area contributed by atoms with Crippen molar-refractivity contribution in [3.8, 4) is 0 Å². The first-order valence-corrected chi connectivity index (χ1v) is 8.60. The van der Waals surface area contributed by atoms with Crippen LogP contribution < -0.4 is 5.32 Å². The molecule has 3 heterocycles. The molecule has 4 rings (SSSR count). The Morgan fingerprint density at radius 2 is 2.25 bits per heavy atom. The standard InChI is InChI=1S/C17H23N5O2/c1-10-18-16(21-20-10)15-13(7-9-24-15)19-17(23)12-6-8-22(2)14(12)11-4-3-5-11/h6,8,11,13,15H,3-5,7,9H2,1-2H3,(H,19,23)(H,18,20,21)/t13-,15+/m0/s1. The molecule has 2 atom stereocenters. The van der Waals surface area contributed by atoms with E-state index in [0.29, 0.717) is 18.3 Å². The number of nitrogens with one attached hydrogen (secondary N) is 2. The Morgan fingerprint density at radius 1 is 1.42 bits per heavy atom. The van der Waals surface area contributed by atoms with Crippen LogP contribution in [0, 0.1) is 6.92 Å². The summed E-state index contributed by atoms with van der Waals surface area (Å²) in [6.07, 6.45) is 6.06. The van der Waals surface area contributed by atoms with Crippen molar-refractivity contribution < 1.29 is 9.53 Å². The average Bonchev–Trinajstić information content (AvgIpc) is 3.19. The van der Waals surface area contributed by atoms with Gasteiger partial charge < -0.3 is 14.6 Å². The molecule has 1 aliphatic carbocycles. The third-order valence-corrected chi connectivity index (χ3v) is 5.13. The molecular formula is C17H23N5O2. The van der Waals surface area contributed by atoms with E-state index in [1.807, 2.05) is 26.2 Å². The van der Waals surface area contributed by atoms with Crippen LogP contribution in [0.4, 0.5) is 0 Å². The number of ether oxygens (including phenoxy) is 1. The molecule has 7 heteroatoms. The maximum absolute atomic E-state index is 12.8. The number of carbonyl (C=O) groups is 1. The number of aromatic nitrogens is 4. The maximum Gasteiger partial charge on any atom is 0.253 e. The van der Waals surface area contributed by atoms with E-state index in [0.717, 1.165) is 23.5 Å². The van der Waals surface area contributed by atoms with Gasteiger partial charge in [0.2, 0.25) is 0 Å². The lowest BCUT2D eigenvalue weighted by Crippen LogP contribution is -2.37. The number of amides is 1. The molecule has 1 amide bonds. The first kappa shape index (κ1) is 15.4. The lowest BCUT2D eigenvalue weighted by atomic mass is 9.81. The van der Waals surface area contributed by atoms with E-state index in [1.54, 1.807) is 0 Å². The molecule has 7 nitrogen and oxygen atoms in total. The van der Waals surface area contributed by atoms with Gasteiger partial charge in [-0.25, -0.2) is 4.98 Å². The summed E-state index contributed by atoms with van der Waals surface area (Å²) in [7, 11) is 2.02. The molecule has 2 aliphatic rings.